The monoisotopic (exact) mass is 276 g/mol. The molecular weight excluding hydrogens is 268 g/mol. The Morgan fingerprint density at radius 1 is 1.42 bits per heavy atom. The Kier molecular flexibility index (Phi) is 2.53. The summed E-state index contributed by atoms with van der Waals surface area (Å²) in [4.78, 5) is 10.8. The number of aryl methyl sites for hydroxylation is 1. The number of carboxylic acid groups (broad SMARTS) is 1. The van der Waals surface area contributed by atoms with Crippen LogP contribution in [0.25, 0.3) is 22.2 Å². The molecule has 2 aromatic heterocycles. The predicted molar refractivity (Wildman–Crippen MR) is 70.3 cm³/mol. The lowest BCUT2D eigenvalue weighted by molar-refractivity contribution is 0.0690. The molecular formula is C12H9ClN4O2. The van der Waals surface area contributed by atoms with Gasteiger partial charge in [-0.05, 0) is 18.2 Å². The number of hydrogen-bond acceptors (Lipinski definition) is 3. The summed E-state index contributed by atoms with van der Waals surface area (Å²) in [6, 6.07) is 7.03. The lowest BCUT2D eigenvalue weighted by atomic mass is 10.1. The number of aromatic nitrogens is 4. The molecule has 1 aromatic carbocycles. The number of fused-ring (bicyclic) bond motifs is 1. The highest BCUT2D eigenvalue weighted by atomic mass is 35.5. The fraction of sp³-hybridized carbons (Fsp3) is 0.0833. The van der Waals surface area contributed by atoms with E-state index in [9.17, 15) is 4.79 Å². The molecule has 3 rings (SSSR count). The Bertz CT molecular complexity index is 790. The van der Waals surface area contributed by atoms with Crippen LogP contribution in [0.5, 0.6) is 0 Å². The van der Waals surface area contributed by atoms with Crippen LogP contribution in [0.4, 0.5) is 0 Å². The summed E-state index contributed by atoms with van der Waals surface area (Å²) in [5.41, 5.74) is 2.29. The fourth-order valence-electron chi connectivity index (χ4n) is 1.95. The number of H-pyrrole nitrogens is 1. The van der Waals surface area contributed by atoms with Gasteiger partial charge in [-0.25, -0.2) is 4.79 Å². The molecule has 0 saturated carbocycles. The van der Waals surface area contributed by atoms with Crippen molar-refractivity contribution in [2.45, 2.75) is 0 Å². The van der Waals surface area contributed by atoms with E-state index >= 15 is 0 Å². The predicted octanol–water partition coefficient (Wildman–Crippen LogP) is 2.32. The molecule has 0 fully saturated rings. The molecule has 0 aliphatic rings. The van der Waals surface area contributed by atoms with E-state index in [1.165, 1.54) is 6.07 Å². The van der Waals surface area contributed by atoms with Crippen LogP contribution < -0.4 is 0 Å². The molecule has 6 nitrogen and oxygen atoms in total. The molecule has 0 atom stereocenters. The number of aromatic carboxylic acids is 1. The van der Waals surface area contributed by atoms with Crippen LogP contribution in [0.3, 0.4) is 0 Å². The molecule has 0 amide bonds. The first kappa shape index (κ1) is 11.7. The lowest BCUT2D eigenvalue weighted by Crippen LogP contribution is -1.95. The minimum Gasteiger partial charge on any atom is -0.477 e. The van der Waals surface area contributed by atoms with Crippen molar-refractivity contribution in [2.75, 3.05) is 0 Å². The fourth-order valence-corrected chi connectivity index (χ4v) is 2.22. The average Bonchev–Trinajstić information content (AvgIpc) is 2.96. The van der Waals surface area contributed by atoms with Gasteiger partial charge in [0.2, 0.25) is 0 Å². The summed E-state index contributed by atoms with van der Waals surface area (Å²) in [5, 5.41) is 20.7. The largest absolute Gasteiger partial charge is 0.477 e. The van der Waals surface area contributed by atoms with Gasteiger partial charge in [-0.15, -0.1) is 0 Å². The van der Waals surface area contributed by atoms with E-state index in [-0.39, 0.29) is 5.69 Å². The van der Waals surface area contributed by atoms with Crippen molar-refractivity contribution in [1.82, 2.24) is 20.0 Å². The van der Waals surface area contributed by atoms with Gasteiger partial charge < -0.3 is 5.11 Å². The van der Waals surface area contributed by atoms with E-state index in [1.807, 2.05) is 18.2 Å². The third-order valence-electron chi connectivity index (χ3n) is 2.91. The molecule has 0 aliphatic heterocycles. The van der Waals surface area contributed by atoms with Gasteiger partial charge in [-0.1, -0.05) is 17.7 Å². The van der Waals surface area contributed by atoms with Crippen molar-refractivity contribution >= 4 is 28.5 Å². The van der Waals surface area contributed by atoms with E-state index in [0.29, 0.717) is 10.8 Å². The maximum Gasteiger partial charge on any atom is 0.353 e. The number of benzene rings is 1. The third-order valence-corrected chi connectivity index (χ3v) is 3.19. The highest BCUT2D eigenvalue weighted by Gasteiger charge is 2.12. The highest BCUT2D eigenvalue weighted by molar-refractivity contribution is 6.34. The summed E-state index contributed by atoms with van der Waals surface area (Å²) < 4.78 is 1.67. The van der Waals surface area contributed by atoms with Crippen molar-refractivity contribution in [3.05, 3.63) is 35.1 Å². The van der Waals surface area contributed by atoms with Crippen LogP contribution in [0.15, 0.2) is 24.3 Å². The van der Waals surface area contributed by atoms with Crippen molar-refractivity contribution in [2.24, 2.45) is 7.05 Å². The second-order valence-electron chi connectivity index (χ2n) is 4.12. The van der Waals surface area contributed by atoms with E-state index < -0.39 is 5.97 Å². The summed E-state index contributed by atoms with van der Waals surface area (Å²) in [5.74, 6) is -1.04. The van der Waals surface area contributed by atoms with Crippen LogP contribution >= 0.6 is 11.6 Å². The van der Waals surface area contributed by atoms with Gasteiger partial charge in [0.05, 0.1) is 11.2 Å². The minimum absolute atomic E-state index is 0.0538. The Hall–Kier alpha value is -2.34. The summed E-state index contributed by atoms with van der Waals surface area (Å²) >= 11 is 5.99. The molecule has 7 heteroatoms. The van der Waals surface area contributed by atoms with Crippen LogP contribution in [-0.2, 0) is 7.05 Å². The zero-order valence-corrected chi connectivity index (χ0v) is 10.6. The number of halogens is 1. The molecule has 2 N–H and O–H groups in total. The number of nitrogens with one attached hydrogen (secondary N) is 1. The van der Waals surface area contributed by atoms with Crippen LogP contribution in [0.2, 0.25) is 5.15 Å². The minimum atomic E-state index is -1.04. The lowest BCUT2D eigenvalue weighted by Gasteiger charge is -1.98. The smallest absolute Gasteiger partial charge is 0.353 e. The van der Waals surface area contributed by atoms with Gasteiger partial charge in [-0.3, -0.25) is 9.78 Å². The zero-order valence-electron chi connectivity index (χ0n) is 9.88. The number of rotatable bonds is 2. The van der Waals surface area contributed by atoms with Gasteiger partial charge in [0.25, 0.3) is 0 Å². The highest BCUT2D eigenvalue weighted by Crippen LogP contribution is 2.27. The van der Waals surface area contributed by atoms with E-state index in [1.54, 1.807) is 11.7 Å². The normalized spacial score (nSPS) is 11.1. The van der Waals surface area contributed by atoms with Gasteiger partial charge in [0.15, 0.2) is 5.15 Å². The third kappa shape index (κ3) is 1.86. The topological polar surface area (TPSA) is 83.8 Å². The van der Waals surface area contributed by atoms with Crippen LogP contribution in [-0.4, -0.2) is 31.1 Å². The molecule has 0 radical (unpaired) electrons. The number of aromatic amines is 1. The molecule has 2 heterocycles. The quantitative estimate of drug-likeness (QED) is 0.752. The van der Waals surface area contributed by atoms with Gasteiger partial charge in [-0.2, -0.15) is 10.2 Å². The summed E-state index contributed by atoms with van der Waals surface area (Å²) in [6.07, 6.45) is 0. The maximum absolute atomic E-state index is 10.8. The van der Waals surface area contributed by atoms with Crippen molar-refractivity contribution in [1.29, 1.82) is 0 Å². The summed E-state index contributed by atoms with van der Waals surface area (Å²) in [6.45, 7) is 0. The Morgan fingerprint density at radius 3 is 2.89 bits per heavy atom. The van der Waals surface area contributed by atoms with Crippen LogP contribution in [0, 0.1) is 0 Å². The molecule has 19 heavy (non-hydrogen) atoms. The average molecular weight is 277 g/mol. The molecule has 3 aromatic rings. The zero-order chi connectivity index (χ0) is 13.6. The van der Waals surface area contributed by atoms with Crippen LogP contribution in [0.1, 0.15) is 10.5 Å². The Labute approximate surface area is 112 Å². The van der Waals surface area contributed by atoms with Gasteiger partial charge in [0, 0.05) is 18.0 Å². The SMILES string of the molecule is Cn1nc(Cl)c2ccc(-c3cc(C(=O)O)[nH]n3)cc21. The molecule has 0 spiro atoms. The van der Waals surface area contributed by atoms with Crippen molar-refractivity contribution in [3.8, 4) is 11.3 Å². The molecule has 0 saturated heterocycles. The van der Waals surface area contributed by atoms with E-state index in [0.717, 1.165) is 16.5 Å². The Balaban J connectivity index is 2.14. The number of carboxylic acids is 1. The summed E-state index contributed by atoms with van der Waals surface area (Å²) in [7, 11) is 1.80. The van der Waals surface area contributed by atoms with Crippen molar-refractivity contribution in [3.63, 3.8) is 0 Å². The first-order chi connectivity index (χ1) is 9.06. The molecule has 0 unspecified atom stereocenters. The first-order valence-electron chi connectivity index (χ1n) is 5.47. The van der Waals surface area contributed by atoms with Crippen molar-refractivity contribution < 1.29 is 9.90 Å². The number of nitrogens with zero attached hydrogens (tertiary/aromatic N) is 3. The molecule has 96 valence electrons. The standard InChI is InChI=1S/C12H9ClN4O2/c1-17-10-4-6(2-3-7(10)11(13)16-17)8-5-9(12(18)19)15-14-8/h2-5H,1H3,(H,14,15)(H,18,19). The number of carbonyl (C=O) groups is 1. The molecule has 0 bridgehead atoms. The second-order valence-corrected chi connectivity index (χ2v) is 4.48. The number of hydrogen-bond donors (Lipinski definition) is 2. The first-order valence-corrected chi connectivity index (χ1v) is 5.85. The maximum atomic E-state index is 10.8. The Morgan fingerprint density at radius 2 is 2.21 bits per heavy atom. The van der Waals surface area contributed by atoms with E-state index in [2.05, 4.69) is 15.3 Å². The van der Waals surface area contributed by atoms with Gasteiger partial charge in [0.1, 0.15) is 5.69 Å². The van der Waals surface area contributed by atoms with Gasteiger partial charge >= 0.3 is 5.97 Å². The van der Waals surface area contributed by atoms with E-state index in [4.69, 9.17) is 16.7 Å². The second kappa shape index (κ2) is 4.10. The molecule has 0 aliphatic carbocycles.